The van der Waals surface area contributed by atoms with Crippen LogP contribution >= 0.6 is 15.9 Å². The monoisotopic (exact) mass is 279 g/mol. The summed E-state index contributed by atoms with van der Waals surface area (Å²) in [5.41, 5.74) is 8.98. The fourth-order valence-corrected chi connectivity index (χ4v) is 2.15. The topological polar surface area (TPSA) is 43.8 Å². The Morgan fingerprint density at radius 2 is 2.25 bits per heavy atom. The van der Waals surface area contributed by atoms with Gasteiger partial charge in [-0.2, -0.15) is 5.10 Å². The van der Waals surface area contributed by atoms with Gasteiger partial charge in [-0.3, -0.25) is 4.68 Å². The smallest absolute Gasteiger partial charge is 0.0715 e. The van der Waals surface area contributed by atoms with Crippen molar-refractivity contribution in [3.8, 4) is 11.1 Å². The number of hydrogen-bond donors (Lipinski definition) is 1. The molecule has 0 aliphatic rings. The van der Waals surface area contributed by atoms with E-state index in [2.05, 4.69) is 33.2 Å². The average Bonchev–Trinajstić information content (AvgIpc) is 2.60. The number of nitrogens with zero attached hydrogens (tertiary/aromatic N) is 2. The molecule has 0 amide bonds. The Kier molecular flexibility index (Phi) is 3.41. The van der Waals surface area contributed by atoms with E-state index in [0.717, 1.165) is 22.2 Å². The molecule has 0 saturated carbocycles. The molecule has 0 bridgehead atoms. The Labute approximate surface area is 103 Å². The normalized spacial score (nSPS) is 10.7. The van der Waals surface area contributed by atoms with Crippen LogP contribution in [0.2, 0.25) is 0 Å². The van der Waals surface area contributed by atoms with Gasteiger partial charge in [-0.15, -0.1) is 0 Å². The third-order valence-corrected chi connectivity index (χ3v) is 2.92. The number of hydrogen-bond acceptors (Lipinski definition) is 2. The number of aromatic nitrogens is 2. The van der Waals surface area contributed by atoms with Crippen molar-refractivity contribution in [2.45, 2.75) is 6.42 Å². The van der Waals surface area contributed by atoms with Crippen LogP contribution in [-0.2, 0) is 13.5 Å². The zero-order valence-corrected chi connectivity index (χ0v) is 10.7. The number of nitrogens with two attached hydrogens (primary N) is 1. The molecule has 2 rings (SSSR count). The summed E-state index contributed by atoms with van der Waals surface area (Å²) >= 11 is 3.48. The van der Waals surface area contributed by atoms with Crippen LogP contribution in [0.15, 0.2) is 34.9 Å². The summed E-state index contributed by atoms with van der Waals surface area (Å²) in [6.45, 7) is 0.623. The lowest BCUT2D eigenvalue weighted by Crippen LogP contribution is -2.04. The molecule has 84 valence electrons. The predicted octanol–water partition coefficient (Wildman–Crippen LogP) is 2.35. The Morgan fingerprint density at radius 3 is 2.94 bits per heavy atom. The zero-order chi connectivity index (χ0) is 11.5. The van der Waals surface area contributed by atoms with Gasteiger partial charge in [-0.1, -0.05) is 28.1 Å². The van der Waals surface area contributed by atoms with Crippen molar-refractivity contribution >= 4 is 15.9 Å². The van der Waals surface area contributed by atoms with Gasteiger partial charge < -0.3 is 5.73 Å². The lowest BCUT2D eigenvalue weighted by Gasteiger charge is -2.01. The van der Waals surface area contributed by atoms with E-state index in [1.54, 1.807) is 0 Å². The summed E-state index contributed by atoms with van der Waals surface area (Å²) in [6, 6.07) is 8.22. The van der Waals surface area contributed by atoms with Gasteiger partial charge in [0.15, 0.2) is 0 Å². The lowest BCUT2D eigenvalue weighted by atomic mass is 10.1. The van der Waals surface area contributed by atoms with Gasteiger partial charge in [0.1, 0.15) is 0 Å². The molecule has 1 heterocycles. The first-order valence-electron chi connectivity index (χ1n) is 5.19. The Hall–Kier alpha value is -1.13. The van der Waals surface area contributed by atoms with E-state index in [9.17, 15) is 0 Å². The highest BCUT2D eigenvalue weighted by Gasteiger charge is 2.09. The van der Waals surface area contributed by atoms with Crippen molar-refractivity contribution in [2.75, 3.05) is 6.54 Å². The predicted molar refractivity (Wildman–Crippen MR) is 69.1 cm³/mol. The number of benzene rings is 1. The van der Waals surface area contributed by atoms with Crippen LogP contribution < -0.4 is 5.73 Å². The van der Waals surface area contributed by atoms with Crippen LogP contribution in [-0.4, -0.2) is 16.3 Å². The minimum Gasteiger partial charge on any atom is -0.330 e. The average molecular weight is 280 g/mol. The summed E-state index contributed by atoms with van der Waals surface area (Å²) in [5, 5.41) is 4.43. The molecule has 0 unspecified atom stereocenters. The maximum atomic E-state index is 5.59. The Morgan fingerprint density at radius 1 is 1.44 bits per heavy atom. The van der Waals surface area contributed by atoms with E-state index in [-0.39, 0.29) is 0 Å². The molecule has 1 aromatic carbocycles. The van der Waals surface area contributed by atoms with Crippen LogP contribution in [0.5, 0.6) is 0 Å². The molecule has 1 aromatic heterocycles. The summed E-state index contributed by atoms with van der Waals surface area (Å²) < 4.78 is 2.91. The number of rotatable bonds is 3. The second kappa shape index (κ2) is 4.80. The molecule has 0 fully saturated rings. The van der Waals surface area contributed by atoms with Crippen LogP contribution in [0.4, 0.5) is 0 Å². The summed E-state index contributed by atoms with van der Waals surface area (Å²) in [7, 11) is 1.93. The lowest BCUT2D eigenvalue weighted by molar-refractivity contribution is 0.739. The first-order chi connectivity index (χ1) is 7.70. The van der Waals surface area contributed by atoms with Crippen molar-refractivity contribution in [1.29, 1.82) is 0 Å². The van der Waals surface area contributed by atoms with E-state index >= 15 is 0 Å². The molecular formula is C12H14BrN3. The maximum Gasteiger partial charge on any atom is 0.0715 e. The highest BCUT2D eigenvalue weighted by atomic mass is 79.9. The third-order valence-electron chi connectivity index (χ3n) is 2.42. The second-order valence-electron chi connectivity index (χ2n) is 3.71. The first kappa shape index (κ1) is 11.4. The Bertz CT molecular complexity index is 491. The van der Waals surface area contributed by atoms with E-state index in [0.29, 0.717) is 6.54 Å². The molecule has 2 aromatic rings. The molecule has 0 radical (unpaired) electrons. The molecule has 0 aliphatic heterocycles. The van der Waals surface area contributed by atoms with Crippen molar-refractivity contribution < 1.29 is 0 Å². The second-order valence-corrected chi connectivity index (χ2v) is 4.63. The van der Waals surface area contributed by atoms with Crippen LogP contribution in [0.25, 0.3) is 11.1 Å². The van der Waals surface area contributed by atoms with Crippen LogP contribution in [0.3, 0.4) is 0 Å². The minimum absolute atomic E-state index is 0.623. The summed E-state index contributed by atoms with van der Waals surface area (Å²) in [5.74, 6) is 0. The highest BCUT2D eigenvalue weighted by Crippen LogP contribution is 2.25. The standard InChI is InChI=1S/C12H14BrN3/c1-16-8-11(12(15-16)5-6-14)9-3-2-4-10(13)7-9/h2-4,7-8H,5-6,14H2,1H3. The molecule has 16 heavy (non-hydrogen) atoms. The number of aryl methyl sites for hydroxylation is 1. The molecule has 0 spiro atoms. The fourth-order valence-electron chi connectivity index (χ4n) is 1.75. The molecule has 4 heteroatoms. The number of halogens is 1. The summed E-state index contributed by atoms with van der Waals surface area (Å²) in [4.78, 5) is 0. The quantitative estimate of drug-likeness (QED) is 0.938. The van der Waals surface area contributed by atoms with Gasteiger partial charge in [0.05, 0.1) is 5.69 Å². The first-order valence-corrected chi connectivity index (χ1v) is 5.98. The van der Waals surface area contributed by atoms with Crippen molar-refractivity contribution in [3.63, 3.8) is 0 Å². The highest BCUT2D eigenvalue weighted by molar-refractivity contribution is 9.10. The molecular weight excluding hydrogens is 266 g/mol. The van der Waals surface area contributed by atoms with E-state index in [4.69, 9.17) is 5.73 Å². The van der Waals surface area contributed by atoms with E-state index in [1.807, 2.05) is 30.1 Å². The minimum atomic E-state index is 0.623. The van der Waals surface area contributed by atoms with Crippen molar-refractivity contribution in [1.82, 2.24) is 9.78 Å². The van der Waals surface area contributed by atoms with Crippen molar-refractivity contribution in [2.24, 2.45) is 12.8 Å². The van der Waals surface area contributed by atoms with Crippen LogP contribution in [0, 0.1) is 0 Å². The van der Waals surface area contributed by atoms with Gasteiger partial charge >= 0.3 is 0 Å². The SMILES string of the molecule is Cn1cc(-c2cccc(Br)c2)c(CCN)n1. The van der Waals surface area contributed by atoms with E-state index < -0.39 is 0 Å². The summed E-state index contributed by atoms with van der Waals surface area (Å²) in [6.07, 6.45) is 2.84. The van der Waals surface area contributed by atoms with E-state index in [1.165, 1.54) is 5.56 Å². The fraction of sp³-hybridized carbons (Fsp3) is 0.250. The molecule has 3 nitrogen and oxygen atoms in total. The van der Waals surface area contributed by atoms with Crippen molar-refractivity contribution in [3.05, 3.63) is 40.6 Å². The van der Waals surface area contributed by atoms with Gasteiger partial charge in [0, 0.05) is 29.7 Å². The van der Waals surface area contributed by atoms with Crippen LogP contribution in [0.1, 0.15) is 5.69 Å². The largest absolute Gasteiger partial charge is 0.330 e. The van der Waals surface area contributed by atoms with Gasteiger partial charge in [0.2, 0.25) is 0 Å². The van der Waals surface area contributed by atoms with Gasteiger partial charge in [-0.25, -0.2) is 0 Å². The maximum absolute atomic E-state index is 5.59. The van der Waals surface area contributed by atoms with Gasteiger partial charge in [-0.05, 0) is 24.2 Å². The third kappa shape index (κ3) is 2.33. The van der Waals surface area contributed by atoms with Gasteiger partial charge in [0.25, 0.3) is 0 Å². The molecule has 0 aliphatic carbocycles. The zero-order valence-electron chi connectivity index (χ0n) is 9.15. The Balaban J connectivity index is 2.46. The molecule has 0 atom stereocenters. The molecule has 0 saturated heterocycles. The molecule has 2 N–H and O–H groups in total.